The Morgan fingerprint density at radius 3 is 2.65 bits per heavy atom. The number of benzene rings is 1. The SMILES string of the molecule is COc1cc2c(cc1Cl)CCN(C)C(=O)[C@H]2C1=C(C)CCCC1. The van der Waals surface area contributed by atoms with Gasteiger partial charge >= 0.3 is 0 Å². The second-order valence-electron chi connectivity index (χ2n) is 6.64. The zero-order chi connectivity index (χ0) is 16.6. The van der Waals surface area contributed by atoms with Gasteiger partial charge in [0.15, 0.2) is 0 Å². The minimum atomic E-state index is -0.177. The molecule has 1 aromatic carbocycles. The molecule has 1 aliphatic carbocycles. The van der Waals surface area contributed by atoms with Crippen LogP contribution < -0.4 is 4.74 Å². The lowest BCUT2D eigenvalue weighted by atomic mass is 9.79. The molecule has 2 aliphatic rings. The minimum absolute atomic E-state index is 0.177. The number of allylic oxidation sites excluding steroid dienone is 1. The summed E-state index contributed by atoms with van der Waals surface area (Å²) in [6.45, 7) is 2.91. The van der Waals surface area contributed by atoms with Crippen molar-refractivity contribution < 1.29 is 9.53 Å². The summed E-state index contributed by atoms with van der Waals surface area (Å²) in [5.74, 6) is 0.676. The third-order valence-electron chi connectivity index (χ3n) is 5.21. The zero-order valence-corrected chi connectivity index (χ0v) is 14.9. The standard InChI is InChI=1S/C19H24ClNO2/c1-12-6-4-5-7-14(12)18-15-11-17(23-3)16(20)10-13(15)8-9-21(2)19(18)22/h10-11,18H,4-9H2,1-3H3/t18-/m0/s1. The van der Waals surface area contributed by atoms with Crippen LogP contribution in [0.25, 0.3) is 0 Å². The molecule has 0 N–H and O–H groups in total. The van der Waals surface area contributed by atoms with Gasteiger partial charge < -0.3 is 9.64 Å². The summed E-state index contributed by atoms with van der Waals surface area (Å²) in [7, 11) is 3.52. The van der Waals surface area contributed by atoms with Gasteiger partial charge in [0.25, 0.3) is 0 Å². The highest BCUT2D eigenvalue weighted by molar-refractivity contribution is 6.32. The molecule has 0 saturated heterocycles. The number of nitrogens with zero attached hydrogens (tertiary/aromatic N) is 1. The van der Waals surface area contributed by atoms with E-state index in [1.165, 1.54) is 29.6 Å². The quantitative estimate of drug-likeness (QED) is 0.753. The molecule has 0 spiro atoms. The number of hydrogen-bond acceptors (Lipinski definition) is 2. The molecular weight excluding hydrogens is 310 g/mol. The molecular formula is C19H24ClNO2. The van der Waals surface area contributed by atoms with Crippen molar-refractivity contribution in [1.82, 2.24) is 4.90 Å². The number of methoxy groups -OCH3 is 1. The van der Waals surface area contributed by atoms with Crippen LogP contribution in [0.2, 0.25) is 5.02 Å². The first-order valence-electron chi connectivity index (χ1n) is 8.32. The van der Waals surface area contributed by atoms with Crippen LogP contribution in [0.15, 0.2) is 23.3 Å². The molecule has 0 unspecified atom stereocenters. The molecule has 1 amide bonds. The zero-order valence-electron chi connectivity index (χ0n) is 14.1. The first-order chi connectivity index (χ1) is 11.0. The van der Waals surface area contributed by atoms with E-state index in [9.17, 15) is 4.79 Å². The van der Waals surface area contributed by atoms with Crippen molar-refractivity contribution in [3.63, 3.8) is 0 Å². The minimum Gasteiger partial charge on any atom is -0.495 e. The maximum Gasteiger partial charge on any atom is 0.234 e. The van der Waals surface area contributed by atoms with Crippen LogP contribution in [0.1, 0.15) is 49.7 Å². The number of halogens is 1. The van der Waals surface area contributed by atoms with E-state index in [0.717, 1.165) is 31.4 Å². The van der Waals surface area contributed by atoms with Gasteiger partial charge in [-0.3, -0.25) is 4.79 Å². The van der Waals surface area contributed by atoms with Gasteiger partial charge in [0.2, 0.25) is 5.91 Å². The Labute approximate surface area is 143 Å². The average Bonchev–Trinajstić information content (AvgIpc) is 2.65. The van der Waals surface area contributed by atoms with E-state index < -0.39 is 0 Å². The molecule has 3 nitrogen and oxygen atoms in total. The molecule has 0 aromatic heterocycles. The highest BCUT2D eigenvalue weighted by Crippen LogP contribution is 2.42. The average molecular weight is 334 g/mol. The number of carbonyl (C=O) groups is 1. The molecule has 1 heterocycles. The van der Waals surface area contributed by atoms with Crippen molar-refractivity contribution in [2.45, 2.75) is 44.9 Å². The summed E-state index contributed by atoms with van der Waals surface area (Å²) in [5, 5.41) is 0.622. The monoisotopic (exact) mass is 333 g/mol. The van der Waals surface area contributed by atoms with Gasteiger partial charge in [-0.25, -0.2) is 0 Å². The molecule has 4 heteroatoms. The highest BCUT2D eigenvalue weighted by atomic mass is 35.5. The number of likely N-dealkylation sites (N-methyl/N-ethyl adjacent to an activating group) is 1. The molecule has 0 fully saturated rings. The van der Waals surface area contributed by atoms with Crippen LogP contribution in [0.3, 0.4) is 0 Å². The summed E-state index contributed by atoms with van der Waals surface area (Å²) in [5.41, 5.74) is 4.94. The van der Waals surface area contributed by atoms with Gasteiger partial charge in [-0.1, -0.05) is 22.7 Å². The van der Waals surface area contributed by atoms with Crippen LogP contribution in [0.5, 0.6) is 5.75 Å². The Kier molecular flexibility index (Phi) is 4.67. The molecule has 0 saturated carbocycles. The van der Waals surface area contributed by atoms with Crippen molar-refractivity contribution in [3.8, 4) is 5.75 Å². The number of hydrogen-bond donors (Lipinski definition) is 0. The van der Waals surface area contributed by atoms with Gasteiger partial charge in [-0.05, 0) is 62.3 Å². The van der Waals surface area contributed by atoms with Crippen LogP contribution in [-0.4, -0.2) is 31.5 Å². The predicted molar refractivity (Wildman–Crippen MR) is 93.3 cm³/mol. The maximum absolute atomic E-state index is 13.1. The van der Waals surface area contributed by atoms with Gasteiger partial charge in [-0.15, -0.1) is 0 Å². The Morgan fingerprint density at radius 2 is 1.96 bits per heavy atom. The van der Waals surface area contributed by atoms with Crippen molar-refractivity contribution >= 4 is 17.5 Å². The van der Waals surface area contributed by atoms with Crippen LogP contribution >= 0.6 is 11.6 Å². The first kappa shape index (κ1) is 16.4. The second-order valence-corrected chi connectivity index (χ2v) is 7.05. The summed E-state index contributed by atoms with van der Waals surface area (Å²) in [6, 6.07) is 3.96. The van der Waals surface area contributed by atoms with Gasteiger partial charge in [0.1, 0.15) is 5.75 Å². The number of fused-ring (bicyclic) bond motifs is 1. The lowest BCUT2D eigenvalue weighted by molar-refractivity contribution is -0.130. The lowest BCUT2D eigenvalue weighted by Gasteiger charge is -2.28. The van der Waals surface area contributed by atoms with E-state index in [1.54, 1.807) is 7.11 Å². The third kappa shape index (κ3) is 2.99. The van der Waals surface area contributed by atoms with Crippen LogP contribution in [0.4, 0.5) is 0 Å². The van der Waals surface area contributed by atoms with Crippen molar-refractivity contribution in [2.75, 3.05) is 20.7 Å². The summed E-state index contributed by atoms with van der Waals surface area (Å²) in [4.78, 5) is 14.9. The number of ether oxygens (including phenoxy) is 1. The molecule has 1 aliphatic heterocycles. The molecule has 1 atom stereocenters. The third-order valence-corrected chi connectivity index (χ3v) is 5.50. The second kappa shape index (κ2) is 6.56. The summed E-state index contributed by atoms with van der Waals surface area (Å²) in [6.07, 6.45) is 5.34. The molecule has 1 aromatic rings. The summed E-state index contributed by atoms with van der Waals surface area (Å²) >= 11 is 6.31. The molecule has 23 heavy (non-hydrogen) atoms. The van der Waals surface area contributed by atoms with E-state index in [0.29, 0.717) is 10.8 Å². The highest BCUT2D eigenvalue weighted by Gasteiger charge is 2.34. The number of amides is 1. The normalized spacial score (nSPS) is 22.0. The van der Waals surface area contributed by atoms with Crippen molar-refractivity contribution in [1.29, 1.82) is 0 Å². The van der Waals surface area contributed by atoms with E-state index in [2.05, 4.69) is 6.92 Å². The number of carbonyl (C=O) groups excluding carboxylic acids is 1. The van der Waals surface area contributed by atoms with Crippen molar-refractivity contribution in [2.24, 2.45) is 0 Å². The first-order valence-corrected chi connectivity index (χ1v) is 8.70. The smallest absolute Gasteiger partial charge is 0.234 e. The number of rotatable bonds is 2. The van der Waals surface area contributed by atoms with Crippen molar-refractivity contribution in [3.05, 3.63) is 39.4 Å². The molecule has 124 valence electrons. The fraction of sp³-hybridized carbons (Fsp3) is 0.526. The fourth-order valence-corrected chi connectivity index (χ4v) is 4.07. The Balaban J connectivity index is 2.18. The van der Waals surface area contributed by atoms with Crippen LogP contribution in [-0.2, 0) is 11.2 Å². The largest absolute Gasteiger partial charge is 0.495 e. The van der Waals surface area contributed by atoms with E-state index >= 15 is 0 Å². The van der Waals surface area contributed by atoms with Crippen LogP contribution in [0, 0.1) is 0 Å². The van der Waals surface area contributed by atoms with E-state index in [1.807, 2.05) is 24.1 Å². The fourth-order valence-electron chi connectivity index (χ4n) is 3.81. The van der Waals surface area contributed by atoms with Gasteiger partial charge in [0.05, 0.1) is 18.1 Å². The van der Waals surface area contributed by atoms with Gasteiger partial charge in [-0.2, -0.15) is 0 Å². The lowest BCUT2D eigenvalue weighted by Crippen LogP contribution is -2.32. The van der Waals surface area contributed by atoms with E-state index in [-0.39, 0.29) is 11.8 Å². The Bertz CT molecular complexity index is 666. The molecule has 3 rings (SSSR count). The molecule has 0 radical (unpaired) electrons. The summed E-state index contributed by atoms with van der Waals surface area (Å²) < 4.78 is 5.40. The van der Waals surface area contributed by atoms with Gasteiger partial charge in [0, 0.05) is 13.6 Å². The topological polar surface area (TPSA) is 29.5 Å². The van der Waals surface area contributed by atoms with E-state index in [4.69, 9.17) is 16.3 Å². The Hall–Kier alpha value is -1.48. The molecule has 0 bridgehead atoms. The predicted octanol–water partition coefficient (Wildman–Crippen LogP) is 4.34. The maximum atomic E-state index is 13.1. The Morgan fingerprint density at radius 1 is 1.22 bits per heavy atom.